The Kier molecular flexibility index (Phi) is 4.55. The molecule has 2 heterocycles. The van der Waals surface area contributed by atoms with Crippen LogP contribution >= 0.6 is 0 Å². The molecule has 0 aliphatic carbocycles. The van der Waals surface area contributed by atoms with E-state index in [9.17, 15) is 9.59 Å². The third-order valence-electron chi connectivity index (χ3n) is 4.77. The van der Waals surface area contributed by atoms with Gasteiger partial charge < -0.3 is 15.5 Å². The number of hydrogen-bond donors (Lipinski definition) is 2. The van der Waals surface area contributed by atoms with Gasteiger partial charge in [0.25, 0.3) is 0 Å². The number of aryl methyl sites for hydroxylation is 1. The first-order valence-electron chi connectivity index (χ1n) is 8.50. The van der Waals surface area contributed by atoms with Crippen LogP contribution in [0.25, 0.3) is 0 Å². The number of nitrogens with one attached hydrogen (secondary N) is 2. The standard InChI is InChI=1S/C18H25N3O2/c1-12-7-8-21(11-13(2)9-12)18(23)19-15-5-3-14-4-6-17(22)20-16(14)10-15/h3,5,10,12-13H,4,6-9,11H2,1-2H3,(H,19,23)(H,20,22)/t12-,13-/m0/s1. The second-order valence-electron chi connectivity index (χ2n) is 7.03. The van der Waals surface area contributed by atoms with Gasteiger partial charge in [0.2, 0.25) is 5.91 Å². The van der Waals surface area contributed by atoms with Gasteiger partial charge in [0, 0.05) is 30.9 Å². The second kappa shape index (κ2) is 6.60. The van der Waals surface area contributed by atoms with Crippen LogP contribution in [0.3, 0.4) is 0 Å². The number of anilines is 2. The van der Waals surface area contributed by atoms with Crippen LogP contribution in [0.5, 0.6) is 0 Å². The molecule has 2 aliphatic heterocycles. The largest absolute Gasteiger partial charge is 0.326 e. The van der Waals surface area contributed by atoms with Crippen molar-refractivity contribution in [1.82, 2.24) is 4.90 Å². The quantitative estimate of drug-likeness (QED) is 0.833. The van der Waals surface area contributed by atoms with E-state index in [2.05, 4.69) is 24.5 Å². The highest BCUT2D eigenvalue weighted by Crippen LogP contribution is 2.27. The van der Waals surface area contributed by atoms with Gasteiger partial charge in [-0.2, -0.15) is 0 Å². The molecule has 2 aliphatic rings. The third kappa shape index (κ3) is 3.84. The zero-order chi connectivity index (χ0) is 16.4. The Balaban J connectivity index is 1.68. The van der Waals surface area contributed by atoms with Crippen molar-refractivity contribution in [3.05, 3.63) is 23.8 Å². The van der Waals surface area contributed by atoms with Gasteiger partial charge in [-0.25, -0.2) is 4.79 Å². The zero-order valence-corrected chi connectivity index (χ0v) is 13.9. The lowest BCUT2D eigenvalue weighted by atomic mass is 9.97. The number of carbonyl (C=O) groups excluding carboxylic acids is 2. The molecule has 23 heavy (non-hydrogen) atoms. The van der Waals surface area contributed by atoms with Crippen molar-refractivity contribution in [2.24, 2.45) is 11.8 Å². The number of fused-ring (bicyclic) bond motifs is 1. The van der Waals surface area contributed by atoms with E-state index in [0.717, 1.165) is 42.9 Å². The highest BCUT2D eigenvalue weighted by molar-refractivity contribution is 5.96. The highest BCUT2D eigenvalue weighted by atomic mass is 16.2. The summed E-state index contributed by atoms with van der Waals surface area (Å²) in [6, 6.07) is 5.71. The lowest BCUT2D eigenvalue weighted by Gasteiger charge is -2.24. The van der Waals surface area contributed by atoms with Crippen LogP contribution < -0.4 is 10.6 Å². The topological polar surface area (TPSA) is 61.4 Å². The van der Waals surface area contributed by atoms with Crippen LogP contribution in [0.1, 0.15) is 38.7 Å². The van der Waals surface area contributed by atoms with Crippen molar-refractivity contribution in [2.75, 3.05) is 23.7 Å². The number of hydrogen-bond acceptors (Lipinski definition) is 2. The van der Waals surface area contributed by atoms with Crippen LogP contribution in [0.2, 0.25) is 0 Å². The molecule has 0 aromatic heterocycles. The van der Waals surface area contributed by atoms with Crippen molar-refractivity contribution >= 4 is 23.3 Å². The van der Waals surface area contributed by atoms with E-state index < -0.39 is 0 Å². The van der Waals surface area contributed by atoms with Crippen molar-refractivity contribution in [2.45, 2.75) is 39.5 Å². The minimum Gasteiger partial charge on any atom is -0.326 e. The van der Waals surface area contributed by atoms with Crippen molar-refractivity contribution < 1.29 is 9.59 Å². The maximum Gasteiger partial charge on any atom is 0.321 e. The summed E-state index contributed by atoms with van der Waals surface area (Å²) in [4.78, 5) is 25.9. The van der Waals surface area contributed by atoms with E-state index in [1.807, 2.05) is 23.1 Å². The Labute approximate surface area is 137 Å². The average molecular weight is 315 g/mol. The van der Waals surface area contributed by atoms with Gasteiger partial charge in [0.1, 0.15) is 0 Å². The van der Waals surface area contributed by atoms with Crippen LogP contribution in [0.4, 0.5) is 16.2 Å². The third-order valence-corrected chi connectivity index (χ3v) is 4.77. The number of carbonyl (C=O) groups is 2. The SMILES string of the molecule is C[C@H]1CCN(C(=O)Nc2ccc3c(c2)NC(=O)CC3)C[C@@H](C)C1. The summed E-state index contributed by atoms with van der Waals surface area (Å²) in [5.41, 5.74) is 2.68. The molecule has 5 nitrogen and oxygen atoms in total. The van der Waals surface area contributed by atoms with Gasteiger partial charge in [-0.1, -0.05) is 19.9 Å². The molecule has 0 bridgehead atoms. The molecule has 1 fully saturated rings. The first-order valence-corrected chi connectivity index (χ1v) is 8.50. The van der Waals surface area contributed by atoms with Crippen molar-refractivity contribution in [3.8, 4) is 0 Å². The van der Waals surface area contributed by atoms with Gasteiger partial charge in [-0.15, -0.1) is 0 Å². The number of likely N-dealkylation sites (tertiary alicyclic amines) is 1. The van der Waals surface area contributed by atoms with Gasteiger partial charge in [0.15, 0.2) is 0 Å². The summed E-state index contributed by atoms with van der Waals surface area (Å²) in [5, 5.41) is 5.85. The molecule has 3 rings (SSSR count). The molecule has 2 N–H and O–H groups in total. The highest BCUT2D eigenvalue weighted by Gasteiger charge is 2.23. The number of rotatable bonds is 1. The van der Waals surface area contributed by atoms with Gasteiger partial charge in [-0.05, 0) is 48.8 Å². The summed E-state index contributed by atoms with van der Waals surface area (Å²) in [6.07, 6.45) is 3.52. The van der Waals surface area contributed by atoms with Gasteiger partial charge in [-0.3, -0.25) is 4.79 Å². The maximum absolute atomic E-state index is 12.5. The predicted molar refractivity (Wildman–Crippen MR) is 91.5 cm³/mol. The smallest absolute Gasteiger partial charge is 0.321 e. The minimum absolute atomic E-state index is 0.0382. The lowest BCUT2D eigenvalue weighted by molar-refractivity contribution is -0.116. The molecule has 0 spiro atoms. The first-order chi connectivity index (χ1) is 11.0. The first kappa shape index (κ1) is 15.8. The summed E-state index contributed by atoms with van der Waals surface area (Å²) < 4.78 is 0. The fraction of sp³-hybridized carbons (Fsp3) is 0.556. The number of urea groups is 1. The van der Waals surface area contributed by atoms with Crippen LogP contribution in [0.15, 0.2) is 18.2 Å². The fourth-order valence-electron chi connectivity index (χ4n) is 3.56. The Morgan fingerprint density at radius 2 is 2.09 bits per heavy atom. The molecule has 2 atom stereocenters. The summed E-state index contributed by atoms with van der Waals surface area (Å²) in [6.45, 7) is 6.07. The Hall–Kier alpha value is -2.04. The Morgan fingerprint density at radius 1 is 1.26 bits per heavy atom. The van der Waals surface area contributed by atoms with Crippen LogP contribution in [0, 0.1) is 11.8 Å². The van der Waals surface area contributed by atoms with E-state index in [1.54, 1.807) is 0 Å². The van der Waals surface area contributed by atoms with E-state index in [0.29, 0.717) is 18.3 Å². The molecule has 0 unspecified atom stereocenters. The molecular formula is C18H25N3O2. The molecule has 1 saturated heterocycles. The minimum atomic E-state index is -0.0481. The predicted octanol–water partition coefficient (Wildman–Crippen LogP) is 3.47. The van der Waals surface area contributed by atoms with Crippen molar-refractivity contribution in [3.63, 3.8) is 0 Å². The van der Waals surface area contributed by atoms with E-state index >= 15 is 0 Å². The Bertz CT molecular complexity index is 614. The second-order valence-corrected chi connectivity index (χ2v) is 7.03. The Morgan fingerprint density at radius 3 is 2.91 bits per heavy atom. The molecule has 1 aromatic carbocycles. The molecule has 0 saturated carbocycles. The monoisotopic (exact) mass is 315 g/mol. The molecule has 3 amide bonds. The molecule has 5 heteroatoms. The van der Waals surface area contributed by atoms with Crippen LogP contribution in [-0.2, 0) is 11.2 Å². The van der Waals surface area contributed by atoms with Gasteiger partial charge in [0.05, 0.1) is 0 Å². The number of amides is 3. The van der Waals surface area contributed by atoms with Crippen LogP contribution in [-0.4, -0.2) is 29.9 Å². The number of nitrogens with zero attached hydrogens (tertiary/aromatic N) is 1. The summed E-state index contributed by atoms with van der Waals surface area (Å²) >= 11 is 0. The molecule has 1 aromatic rings. The fourth-order valence-corrected chi connectivity index (χ4v) is 3.56. The zero-order valence-electron chi connectivity index (χ0n) is 13.9. The van der Waals surface area contributed by atoms with E-state index in [-0.39, 0.29) is 11.9 Å². The van der Waals surface area contributed by atoms with E-state index in [4.69, 9.17) is 0 Å². The molecule has 124 valence electrons. The lowest BCUT2D eigenvalue weighted by Crippen LogP contribution is -2.37. The molecule has 0 radical (unpaired) electrons. The normalized spacial score (nSPS) is 24.4. The molecular weight excluding hydrogens is 290 g/mol. The van der Waals surface area contributed by atoms with Crippen molar-refractivity contribution in [1.29, 1.82) is 0 Å². The number of benzene rings is 1. The summed E-state index contributed by atoms with van der Waals surface area (Å²) in [7, 11) is 0. The van der Waals surface area contributed by atoms with E-state index in [1.165, 1.54) is 6.42 Å². The maximum atomic E-state index is 12.5. The average Bonchev–Trinajstić information content (AvgIpc) is 2.67. The van der Waals surface area contributed by atoms with Gasteiger partial charge >= 0.3 is 6.03 Å². The summed E-state index contributed by atoms with van der Waals surface area (Å²) in [5.74, 6) is 1.24.